The summed E-state index contributed by atoms with van der Waals surface area (Å²) < 4.78 is 11.4. The van der Waals surface area contributed by atoms with Crippen molar-refractivity contribution < 1.29 is 14.1 Å². The van der Waals surface area contributed by atoms with E-state index in [0.29, 0.717) is 12.2 Å². The second-order valence-electron chi connectivity index (χ2n) is 3.81. The van der Waals surface area contributed by atoms with Crippen molar-refractivity contribution in [2.24, 2.45) is 0 Å². The van der Waals surface area contributed by atoms with Gasteiger partial charge < -0.3 is 10.0 Å². The van der Waals surface area contributed by atoms with Crippen molar-refractivity contribution in [3.8, 4) is 0 Å². The first-order valence-electron chi connectivity index (χ1n) is 5.47. The topological polar surface area (TPSA) is 57.6 Å². The smallest absolute Gasteiger partial charge is 0.235 e. The molecule has 4 nitrogen and oxygen atoms in total. The van der Waals surface area contributed by atoms with E-state index in [1.54, 1.807) is 4.90 Å². The first kappa shape index (κ1) is 12.6. The zero-order chi connectivity index (χ0) is 11.1. The number of carbonyl (C=O) groups excluding carboxylic acids is 1. The van der Waals surface area contributed by atoms with Gasteiger partial charge >= 0.3 is 0 Å². The van der Waals surface area contributed by atoms with Crippen molar-refractivity contribution in [2.45, 2.75) is 25.7 Å². The van der Waals surface area contributed by atoms with Gasteiger partial charge in [-0.1, -0.05) is 0 Å². The van der Waals surface area contributed by atoms with Crippen LogP contribution >= 0.6 is 0 Å². The van der Waals surface area contributed by atoms with Crippen LogP contribution in [0.5, 0.6) is 0 Å². The van der Waals surface area contributed by atoms with Gasteiger partial charge in [0.1, 0.15) is 5.75 Å². The first-order chi connectivity index (χ1) is 7.24. The molecule has 1 amide bonds. The molecular weight excluding hydrogens is 214 g/mol. The fourth-order valence-electron chi connectivity index (χ4n) is 1.67. The molecule has 0 bridgehead atoms. The summed E-state index contributed by atoms with van der Waals surface area (Å²) in [6.45, 7) is 1.68. The van der Waals surface area contributed by atoms with Crippen molar-refractivity contribution in [3.05, 3.63) is 0 Å². The summed E-state index contributed by atoms with van der Waals surface area (Å²) in [6, 6.07) is 0. The second-order valence-corrected chi connectivity index (χ2v) is 5.38. The zero-order valence-corrected chi connectivity index (χ0v) is 9.80. The number of aliphatic hydroxyl groups is 1. The monoisotopic (exact) mass is 233 g/mol. The fourth-order valence-corrected chi connectivity index (χ4v) is 2.72. The Balaban J connectivity index is 2.24. The molecule has 1 saturated heterocycles. The highest BCUT2D eigenvalue weighted by molar-refractivity contribution is 7.85. The van der Waals surface area contributed by atoms with E-state index in [4.69, 9.17) is 5.11 Å². The minimum Gasteiger partial charge on any atom is -0.396 e. The summed E-state index contributed by atoms with van der Waals surface area (Å²) in [7, 11) is -1.10. The number of rotatable bonds is 5. The lowest BCUT2D eigenvalue weighted by atomic mass is 10.1. The van der Waals surface area contributed by atoms with Crippen LogP contribution in [0.4, 0.5) is 0 Å². The Hall–Kier alpha value is -0.420. The minimum absolute atomic E-state index is 0.00553. The van der Waals surface area contributed by atoms with Gasteiger partial charge in [-0.2, -0.15) is 0 Å². The quantitative estimate of drug-likeness (QED) is 0.734. The molecular formula is C10H19NO3S. The van der Waals surface area contributed by atoms with Gasteiger partial charge in [0.25, 0.3) is 0 Å². The SMILES string of the molecule is O=C(CS(=O)CCCO)N1CCCCC1. The number of amides is 1. The molecule has 1 unspecified atom stereocenters. The molecule has 1 rings (SSSR count). The van der Waals surface area contributed by atoms with E-state index in [-0.39, 0.29) is 18.3 Å². The van der Waals surface area contributed by atoms with Crippen molar-refractivity contribution in [2.75, 3.05) is 31.2 Å². The summed E-state index contributed by atoms with van der Waals surface area (Å²) in [5.74, 6) is 0.557. The molecule has 0 saturated carbocycles. The highest BCUT2D eigenvalue weighted by Gasteiger charge is 2.18. The molecule has 0 spiro atoms. The molecule has 5 heteroatoms. The van der Waals surface area contributed by atoms with Crippen LogP contribution < -0.4 is 0 Å². The highest BCUT2D eigenvalue weighted by atomic mass is 32.2. The Morgan fingerprint density at radius 3 is 2.53 bits per heavy atom. The van der Waals surface area contributed by atoms with Crippen LogP contribution in [0.1, 0.15) is 25.7 Å². The third kappa shape index (κ3) is 4.75. The van der Waals surface area contributed by atoms with Crippen LogP contribution in [0.2, 0.25) is 0 Å². The molecule has 0 aliphatic carbocycles. The van der Waals surface area contributed by atoms with Crippen LogP contribution in [-0.4, -0.2) is 51.3 Å². The number of aliphatic hydroxyl groups excluding tert-OH is 1. The normalized spacial score (nSPS) is 18.9. The molecule has 1 heterocycles. The number of piperidine rings is 1. The van der Waals surface area contributed by atoms with Gasteiger partial charge in [-0.3, -0.25) is 9.00 Å². The van der Waals surface area contributed by atoms with Crippen LogP contribution in [0.15, 0.2) is 0 Å². The second kappa shape index (κ2) is 6.95. The van der Waals surface area contributed by atoms with Crippen LogP contribution in [0.25, 0.3) is 0 Å². The lowest BCUT2D eigenvalue weighted by molar-refractivity contribution is -0.129. The molecule has 1 aliphatic heterocycles. The molecule has 1 atom stereocenters. The van der Waals surface area contributed by atoms with Gasteiger partial charge in [0.2, 0.25) is 5.91 Å². The van der Waals surface area contributed by atoms with Gasteiger partial charge in [0, 0.05) is 36.2 Å². The van der Waals surface area contributed by atoms with E-state index in [0.717, 1.165) is 25.9 Å². The lowest BCUT2D eigenvalue weighted by Crippen LogP contribution is -2.38. The van der Waals surface area contributed by atoms with Crippen LogP contribution in [0, 0.1) is 0 Å². The zero-order valence-electron chi connectivity index (χ0n) is 8.98. The van der Waals surface area contributed by atoms with E-state index >= 15 is 0 Å². The lowest BCUT2D eigenvalue weighted by Gasteiger charge is -2.26. The highest BCUT2D eigenvalue weighted by Crippen LogP contribution is 2.09. The summed E-state index contributed by atoms with van der Waals surface area (Å²) in [4.78, 5) is 13.4. The van der Waals surface area contributed by atoms with E-state index < -0.39 is 10.8 Å². The number of nitrogens with zero attached hydrogens (tertiary/aromatic N) is 1. The maximum absolute atomic E-state index is 11.6. The number of hydrogen-bond acceptors (Lipinski definition) is 3. The summed E-state index contributed by atoms with van der Waals surface area (Å²) >= 11 is 0. The van der Waals surface area contributed by atoms with Crippen LogP contribution in [0.3, 0.4) is 0 Å². The average molecular weight is 233 g/mol. The summed E-state index contributed by atoms with van der Waals surface area (Å²) in [5.41, 5.74) is 0. The molecule has 1 fully saturated rings. The maximum atomic E-state index is 11.6. The molecule has 0 aromatic carbocycles. The third-order valence-corrected chi connectivity index (χ3v) is 3.84. The number of hydrogen-bond donors (Lipinski definition) is 1. The third-order valence-electron chi connectivity index (χ3n) is 2.52. The molecule has 1 N–H and O–H groups in total. The van der Waals surface area contributed by atoms with Crippen molar-refractivity contribution in [3.63, 3.8) is 0 Å². The van der Waals surface area contributed by atoms with E-state index in [9.17, 15) is 9.00 Å². The Morgan fingerprint density at radius 1 is 1.27 bits per heavy atom. The Bertz CT molecular complexity index is 227. The Labute approximate surface area is 93.1 Å². The first-order valence-corrected chi connectivity index (χ1v) is 6.96. The molecule has 88 valence electrons. The Morgan fingerprint density at radius 2 is 1.93 bits per heavy atom. The fraction of sp³-hybridized carbons (Fsp3) is 0.900. The molecule has 1 aliphatic rings. The number of likely N-dealkylation sites (tertiary alicyclic amines) is 1. The van der Waals surface area contributed by atoms with Crippen molar-refractivity contribution in [1.82, 2.24) is 4.90 Å². The van der Waals surface area contributed by atoms with Gasteiger partial charge in [0.15, 0.2) is 0 Å². The minimum atomic E-state index is -1.10. The van der Waals surface area contributed by atoms with E-state index in [1.165, 1.54) is 6.42 Å². The summed E-state index contributed by atoms with van der Waals surface area (Å²) in [6.07, 6.45) is 3.83. The predicted molar refractivity (Wildman–Crippen MR) is 60.0 cm³/mol. The van der Waals surface area contributed by atoms with Gasteiger partial charge in [-0.15, -0.1) is 0 Å². The van der Waals surface area contributed by atoms with Gasteiger partial charge in [-0.25, -0.2) is 0 Å². The number of carbonyl (C=O) groups is 1. The molecule has 0 aromatic rings. The molecule has 0 aromatic heterocycles. The standard InChI is InChI=1S/C10H19NO3S/c12-7-4-8-15(14)9-10(13)11-5-2-1-3-6-11/h12H,1-9H2. The molecule has 15 heavy (non-hydrogen) atoms. The van der Waals surface area contributed by atoms with E-state index in [2.05, 4.69) is 0 Å². The average Bonchev–Trinajstić information content (AvgIpc) is 2.27. The van der Waals surface area contributed by atoms with Gasteiger partial charge in [-0.05, 0) is 25.7 Å². The van der Waals surface area contributed by atoms with Gasteiger partial charge in [0.05, 0.1) is 0 Å². The van der Waals surface area contributed by atoms with Crippen LogP contribution in [-0.2, 0) is 15.6 Å². The van der Waals surface area contributed by atoms with E-state index in [1.807, 2.05) is 0 Å². The summed E-state index contributed by atoms with van der Waals surface area (Å²) in [5, 5.41) is 8.57. The predicted octanol–water partition coefficient (Wildman–Crippen LogP) is 0.130. The van der Waals surface area contributed by atoms with Crippen molar-refractivity contribution in [1.29, 1.82) is 0 Å². The molecule has 0 radical (unpaired) electrons. The maximum Gasteiger partial charge on any atom is 0.235 e. The Kier molecular flexibility index (Phi) is 5.86. The van der Waals surface area contributed by atoms with Crippen molar-refractivity contribution >= 4 is 16.7 Å². The largest absolute Gasteiger partial charge is 0.396 e.